The van der Waals surface area contributed by atoms with E-state index in [0.717, 1.165) is 25.7 Å². The maximum Gasteiger partial charge on any atom is 0.226 e. The van der Waals surface area contributed by atoms with E-state index in [4.69, 9.17) is 32.7 Å². The zero-order chi connectivity index (χ0) is 38.0. The molecular formula is C30H36Cl2N18O5. The maximum atomic E-state index is 11.0. The van der Waals surface area contributed by atoms with Crippen molar-refractivity contribution in [3.8, 4) is 0 Å². The van der Waals surface area contributed by atoms with Gasteiger partial charge in [0, 0.05) is 18.5 Å². The predicted octanol–water partition coefficient (Wildman–Crippen LogP) is 1.13. The number of halogens is 2. The van der Waals surface area contributed by atoms with Gasteiger partial charge in [0.2, 0.25) is 22.2 Å². The van der Waals surface area contributed by atoms with Crippen molar-refractivity contribution in [2.45, 2.75) is 114 Å². The summed E-state index contributed by atoms with van der Waals surface area (Å²) in [7, 11) is 0. The monoisotopic (exact) mass is 798 g/mol. The Kier molecular flexibility index (Phi) is 9.38. The number of tetrazole rings is 2. The Morgan fingerprint density at radius 3 is 1.78 bits per heavy atom. The summed E-state index contributed by atoms with van der Waals surface area (Å²) in [6, 6.07) is 0.0732. The van der Waals surface area contributed by atoms with Crippen molar-refractivity contribution in [2.24, 2.45) is 0 Å². The molecule has 0 bridgehead atoms. The number of anilines is 2. The number of aromatic nitrogens is 16. The van der Waals surface area contributed by atoms with Gasteiger partial charge in [0.25, 0.3) is 0 Å². The van der Waals surface area contributed by atoms with Crippen LogP contribution in [0.1, 0.15) is 82.3 Å². The smallest absolute Gasteiger partial charge is 0.226 e. The molecule has 5 N–H and O–H groups in total. The van der Waals surface area contributed by atoms with Crippen molar-refractivity contribution in [3.63, 3.8) is 0 Å². The summed E-state index contributed by atoms with van der Waals surface area (Å²) >= 11 is 12.8. The first-order valence-corrected chi connectivity index (χ1v) is 18.7. The second kappa shape index (κ2) is 14.4. The van der Waals surface area contributed by atoms with Gasteiger partial charge in [0.1, 0.15) is 24.4 Å². The van der Waals surface area contributed by atoms with Crippen molar-refractivity contribution >= 4 is 57.2 Å². The Morgan fingerprint density at radius 2 is 1.24 bits per heavy atom. The average molecular weight is 800 g/mol. The molecule has 1 aliphatic carbocycles. The molecule has 23 nitrogen and oxygen atoms in total. The van der Waals surface area contributed by atoms with Gasteiger partial charge < -0.3 is 35.4 Å². The zero-order valence-electron chi connectivity index (χ0n) is 29.4. The van der Waals surface area contributed by atoms with Gasteiger partial charge in [-0.3, -0.25) is 9.13 Å². The summed E-state index contributed by atoms with van der Waals surface area (Å²) in [6.45, 7) is 4.81. The number of aliphatic hydroxyl groups is 3. The second-order valence-electron chi connectivity index (χ2n) is 13.6. The summed E-state index contributed by atoms with van der Waals surface area (Å²) in [5, 5.41) is 64.2. The lowest BCUT2D eigenvalue weighted by Crippen LogP contribution is -2.33. The van der Waals surface area contributed by atoms with Gasteiger partial charge in [-0.1, -0.05) is 0 Å². The highest BCUT2D eigenvalue weighted by atomic mass is 35.5. The lowest BCUT2D eigenvalue weighted by Gasteiger charge is -2.30. The van der Waals surface area contributed by atoms with Crippen molar-refractivity contribution in [1.29, 1.82) is 0 Å². The largest absolute Gasteiger partial charge is 0.388 e. The Morgan fingerprint density at radius 1 is 0.709 bits per heavy atom. The molecule has 8 heterocycles. The Labute approximate surface area is 320 Å². The number of rotatable bonds is 10. The molecule has 9 rings (SSSR count). The van der Waals surface area contributed by atoms with Crippen LogP contribution in [0.4, 0.5) is 11.6 Å². The van der Waals surface area contributed by atoms with E-state index in [-0.39, 0.29) is 34.9 Å². The molecule has 0 amide bonds. The molecule has 55 heavy (non-hydrogen) atoms. The zero-order valence-corrected chi connectivity index (χ0v) is 30.9. The van der Waals surface area contributed by atoms with E-state index in [2.05, 4.69) is 71.4 Å². The Bertz CT molecular complexity index is 2330. The summed E-state index contributed by atoms with van der Waals surface area (Å²) in [5.74, 6) is 1.46. The Hall–Kier alpha value is -4.78. The van der Waals surface area contributed by atoms with Gasteiger partial charge in [-0.05, 0) is 73.2 Å². The number of hydrogen-bond donors (Lipinski definition) is 5. The first kappa shape index (κ1) is 35.9. The van der Waals surface area contributed by atoms with E-state index in [9.17, 15) is 15.3 Å². The number of aryl methyl sites for hydroxylation is 2. The van der Waals surface area contributed by atoms with E-state index in [0.29, 0.717) is 52.9 Å². The summed E-state index contributed by atoms with van der Waals surface area (Å²) in [6.07, 6.45) is -0.554. The first-order chi connectivity index (χ1) is 26.7. The average Bonchev–Trinajstić information content (AvgIpc) is 4.03. The lowest BCUT2D eigenvalue weighted by molar-refractivity contribution is -0.0384. The molecule has 1 saturated carbocycles. The minimum Gasteiger partial charge on any atom is -0.388 e. The van der Waals surface area contributed by atoms with Crippen LogP contribution in [-0.4, -0.2) is 125 Å². The lowest BCUT2D eigenvalue weighted by atomic mass is 9.91. The number of nitrogens with one attached hydrogen (secondary N) is 2. The van der Waals surface area contributed by atoms with Gasteiger partial charge in [-0.2, -0.15) is 29.5 Å². The first-order valence-electron chi connectivity index (χ1n) is 17.9. The summed E-state index contributed by atoms with van der Waals surface area (Å²) in [5.41, 5.74) is 1.65. The molecule has 0 radical (unpaired) electrons. The maximum absolute atomic E-state index is 11.0. The Balaban J connectivity index is 0.867. The fourth-order valence-electron chi connectivity index (χ4n) is 7.31. The normalized spacial score (nSPS) is 28.5. The molecular weight excluding hydrogens is 763 g/mol. The molecule has 2 saturated heterocycles. The number of ether oxygens (including phenoxy) is 2. The third-order valence-corrected chi connectivity index (χ3v) is 10.5. The molecule has 6 aromatic heterocycles. The van der Waals surface area contributed by atoms with E-state index < -0.39 is 43.0 Å². The molecule has 2 unspecified atom stereocenters. The molecule has 25 heteroatoms. The van der Waals surface area contributed by atoms with Crippen LogP contribution in [0.25, 0.3) is 22.3 Å². The van der Waals surface area contributed by atoms with Gasteiger partial charge in [-0.25, -0.2) is 9.97 Å². The summed E-state index contributed by atoms with van der Waals surface area (Å²) in [4.78, 5) is 29.6. The standard InChI is InChI=1S/C30H36Cl2N18O5/c1-3-49-43-21(41-45-49)15-9-14(51)27(54-15)47-10-33-16-22(37-29(31)39-25(16)47)35-12-5-7-13(8-6-12)36-23-17-26(40-30(32)38-23)48(11-34-17)28-19(53)18(52)20(55-28)24-42-46-50(4-2)44-24/h10-15,18-20,27-28,51-53H,3-9H2,1-2H3,(H,35,37,39)(H,36,38,40)/t12-,13-,14-,15+,18+,19-,20+,27?,28?/m1/s1. The van der Waals surface area contributed by atoms with Crippen LogP contribution in [0.15, 0.2) is 12.7 Å². The highest BCUT2D eigenvalue weighted by molar-refractivity contribution is 6.29. The molecule has 6 aromatic rings. The molecule has 2 aliphatic heterocycles. The quantitative estimate of drug-likeness (QED) is 0.121. The minimum absolute atomic E-state index is 0.0225. The van der Waals surface area contributed by atoms with Crippen LogP contribution >= 0.6 is 23.2 Å². The van der Waals surface area contributed by atoms with Crippen molar-refractivity contribution in [3.05, 3.63) is 34.9 Å². The third-order valence-electron chi connectivity index (χ3n) is 10.1. The molecule has 3 fully saturated rings. The number of imidazole rings is 2. The van der Waals surface area contributed by atoms with Crippen LogP contribution in [-0.2, 0) is 22.6 Å². The molecule has 0 aromatic carbocycles. The SMILES string of the molecule is CCn1nnc([C@@H]2C[C@@H](O)C(n3cnc4c(N[C@H]5CC[C@H](Nc6nc(Cl)nc7c6ncn7C6O[C@H](c7nnn(CC)n7)[C@@H](O)[C@H]6O)CC5)nc(Cl)nc43)O2)n1. The van der Waals surface area contributed by atoms with E-state index in [1.54, 1.807) is 10.9 Å². The molecule has 3 aliphatic rings. The number of aliphatic hydroxyl groups excluding tert-OH is 3. The van der Waals surface area contributed by atoms with Crippen molar-refractivity contribution in [2.75, 3.05) is 10.6 Å². The number of hydrogen-bond acceptors (Lipinski definition) is 19. The van der Waals surface area contributed by atoms with Gasteiger partial charge in [-0.15, -0.1) is 20.4 Å². The van der Waals surface area contributed by atoms with Crippen LogP contribution < -0.4 is 10.6 Å². The minimum atomic E-state index is -1.34. The fourth-order valence-corrected chi connectivity index (χ4v) is 7.64. The number of nitrogens with zero attached hydrogens (tertiary/aromatic N) is 16. The second-order valence-corrected chi connectivity index (χ2v) is 14.3. The van der Waals surface area contributed by atoms with Crippen molar-refractivity contribution < 1.29 is 24.8 Å². The van der Waals surface area contributed by atoms with Gasteiger partial charge in [0.05, 0.1) is 25.7 Å². The highest BCUT2D eigenvalue weighted by Crippen LogP contribution is 2.41. The molecule has 290 valence electrons. The van der Waals surface area contributed by atoms with E-state index in [1.165, 1.54) is 20.5 Å². The van der Waals surface area contributed by atoms with Crippen LogP contribution in [0.2, 0.25) is 10.6 Å². The topological polar surface area (TPSA) is 278 Å². The van der Waals surface area contributed by atoms with E-state index >= 15 is 0 Å². The van der Waals surface area contributed by atoms with Crippen LogP contribution in [0.3, 0.4) is 0 Å². The molecule has 0 spiro atoms. The van der Waals surface area contributed by atoms with Gasteiger partial charge >= 0.3 is 0 Å². The summed E-state index contributed by atoms with van der Waals surface area (Å²) < 4.78 is 15.3. The third kappa shape index (κ3) is 6.57. The molecule has 7 atom stereocenters. The van der Waals surface area contributed by atoms with Crippen LogP contribution in [0.5, 0.6) is 0 Å². The van der Waals surface area contributed by atoms with Crippen molar-refractivity contribution in [1.82, 2.24) is 79.5 Å². The van der Waals surface area contributed by atoms with Crippen LogP contribution in [0, 0.1) is 0 Å². The fraction of sp³-hybridized carbons (Fsp3) is 0.600. The van der Waals surface area contributed by atoms with E-state index in [1.807, 2.05) is 13.8 Å². The van der Waals surface area contributed by atoms with Gasteiger partial charge in [0.15, 0.2) is 52.5 Å². The number of fused-ring (bicyclic) bond motifs is 2. The highest BCUT2D eigenvalue weighted by Gasteiger charge is 2.47. The predicted molar refractivity (Wildman–Crippen MR) is 189 cm³/mol.